The minimum absolute atomic E-state index is 0.147. The molecule has 3 rings (SSSR count). The number of ether oxygens (including phenoxy) is 2. The van der Waals surface area contributed by atoms with Crippen LogP contribution in [0, 0.1) is 0 Å². The molecule has 0 saturated carbocycles. The minimum atomic E-state index is -0.191. The predicted octanol–water partition coefficient (Wildman–Crippen LogP) is 3.93. The molecule has 0 atom stereocenters. The number of thiocarbonyl (C=S) groups is 1. The van der Waals surface area contributed by atoms with Crippen molar-refractivity contribution in [1.82, 2.24) is 4.90 Å². The van der Waals surface area contributed by atoms with Crippen molar-refractivity contribution in [3.63, 3.8) is 0 Å². The van der Waals surface area contributed by atoms with E-state index in [1.807, 2.05) is 24.3 Å². The first kappa shape index (κ1) is 20.9. The molecule has 0 radical (unpaired) electrons. The Kier molecular flexibility index (Phi) is 6.90. The van der Waals surface area contributed by atoms with Crippen LogP contribution in [0.3, 0.4) is 0 Å². The first-order chi connectivity index (χ1) is 14.0. The Bertz CT molecular complexity index is 940. The molecule has 2 aromatic rings. The topological polar surface area (TPSA) is 67.9 Å². The molecule has 29 heavy (non-hydrogen) atoms. The number of rotatable bonds is 7. The van der Waals surface area contributed by atoms with Gasteiger partial charge in [-0.3, -0.25) is 14.5 Å². The average Bonchev–Trinajstić information content (AvgIpc) is 3.00. The highest BCUT2D eigenvalue weighted by molar-refractivity contribution is 8.26. The third-order valence-corrected chi connectivity index (χ3v) is 5.60. The van der Waals surface area contributed by atoms with Crippen LogP contribution in [-0.2, 0) is 9.59 Å². The molecular formula is C21H20N2O4S2. The summed E-state index contributed by atoms with van der Waals surface area (Å²) in [4.78, 5) is 26.9. The predicted molar refractivity (Wildman–Crippen MR) is 119 cm³/mol. The van der Waals surface area contributed by atoms with Gasteiger partial charge in [0.2, 0.25) is 5.91 Å². The van der Waals surface area contributed by atoms with E-state index >= 15 is 0 Å². The number of methoxy groups -OCH3 is 2. The molecule has 1 fully saturated rings. The van der Waals surface area contributed by atoms with Crippen molar-refractivity contribution < 1.29 is 19.1 Å². The summed E-state index contributed by atoms with van der Waals surface area (Å²) < 4.78 is 10.7. The number of thioether (sulfide) groups is 1. The van der Waals surface area contributed by atoms with Crippen molar-refractivity contribution in [2.75, 3.05) is 26.1 Å². The van der Waals surface area contributed by atoms with Crippen LogP contribution in [0.4, 0.5) is 5.69 Å². The van der Waals surface area contributed by atoms with Gasteiger partial charge < -0.3 is 14.8 Å². The molecule has 1 aliphatic rings. The number of nitrogens with one attached hydrogen (secondary N) is 1. The second-order valence-corrected chi connectivity index (χ2v) is 7.81. The number of anilines is 1. The normalized spacial score (nSPS) is 15.0. The SMILES string of the molecule is COc1ccc(C=C2SC(=S)N(CCC(=O)Nc3ccc(OC)cc3)C2=O)cc1. The Morgan fingerprint density at radius 1 is 1.07 bits per heavy atom. The van der Waals surface area contributed by atoms with Crippen LogP contribution in [0.5, 0.6) is 11.5 Å². The van der Waals surface area contributed by atoms with Gasteiger partial charge in [-0.2, -0.15) is 0 Å². The van der Waals surface area contributed by atoms with Crippen LogP contribution in [0.15, 0.2) is 53.4 Å². The van der Waals surface area contributed by atoms with Gasteiger partial charge in [-0.25, -0.2) is 0 Å². The van der Waals surface area contributed by atoms with E-state index < -0.39 is 0 Å². The Balaban J connectivity index is 1.57. The van der Waals surface area contributed by atoms with E-state index in [0.29, 0.717) is 20.7 Å². The smallest absolute Gasteiger partial charge is 0.266 e. The van der Waals surface area contributed by atoms with Crippen LogP contribution in [0.2, 0.25) is 0 Å². The number of amides is 2. The fourth-order valence-corrected chi connectivity index (χ4v) is 3.96. The summed E-state index contributed by atoms with van der Waals surface area (Å²) in [5.41, 5.74) is 1.55. The number of benzene rings is 2. The summed E-state index contributed by atoms with van der Waals surface area (Å²) >= 11 is 6.56. The monoisotopic (exact) mass is 428 g/mol. The van der Waals surface area contributed by atoms with Gasteiger partial charge >= 0.3 is 0 Å². The van der Waals surface area contributed by atoms with Crippen LogP contribution in [0.1, 0.15) is 12.0 Å². The van der Waals surface area contributed by atoms with E-state index in [9.17, 15) is 9.59 Å². The van der Waals surface area contributed by atoms with Gasteiger partial charge in [0.25, 0.3) is 5.91 Å². The first-order valence-corrected chi connectivity index (χ1v) is 10.1. The van der Waals surface area contributed by atoms with E-state index in [4.69, 9.17) is 21.7 Å². The van der Waals surface area contributed by atoms with Crippen molar-refractivity contribution in [3.8, 4) is 11.5 Å². The van der Waals surface area contributed by atoms with E-state index in [2.05, 4.69) is 5.32 Å². The summed E-state index contributed by atoms with van der Waals surface area (Å²) in [7, 11) is 3.18. The highest BCUT2D eigenvalue weighted by atomic mass is 32.2. The number of carbonyl (C=O) groups is 2. The fraction of sp³-hybridized carbons (Fsp3) is 0.190. The highest BCUT2D eigenvalue weighted by Gasteiger charge is 2.32. The molecule has 0 aliphatic carbocycles. The zero-order valence-corrected chi connectivity index (χ0v) is 17.6. The first-order valence-electron chi connectivity index (χ1n) is 8.83. The molecule has 0 unspecified atom stereocenters. The molecule has 0 spiro atoms. The lowest BCUT2D eigenvalue weighted by Crippen LogP contribution is -2.31. The Labute approximate surface area is 178 Å². The number of hydrogen-bond acceptors (Lipinski definition) is 6. The van der Waals surface area contributed by atoms with Crippen molar-refractivity contribution in [3.05, 3.63) is 59.0 Å². The van der Waals surface area contributed by atoms with E-state index in [0.717, 1.165) is 11.3 Å². The van der Waals surface area contributed by atoms with Crippen molar-refractivity contribution >= 4 is 51.9 Å². The lowest BCUT2D eigenvalue weighted by atomic mass is 10.2. The molecule has 0 bridgehead atoms. The maximum atomic E-state index is 12.7. The Morgan fingerprint density at radius 2 is 1.66 bits per heavy atom. The molecule has 1 saturated heterocycles. The van der Waals surface area contributed by atoms with Crippen molar-refractivity contribution in [2.24, 2.45) is 0 Å². The van der Waals surface area contributed by atoms with Crippen molar-refractivity contribution in [1.29, 1.82) is 0 Å². The average molecular weight is 429 g/mol. The summed E-state index contributed by atoms with van der Waals surface area (Å²) in [5, 5.41) is 2.80. The van der Waals surface area contributed by atoms with Crippen LogP contribution in [0.25, 0.3) is 6.08 Å². The summed E-state index contributed by atoms with van der Waals surface area (Å²) in [6.45, 7) is 0.229. The minimum Gasteiger partial charge on any atom is -0.497 e. The molecule has 150 valence electrons. The molecule has 8 heteroatoms. The van der Waals surface area contributed by atoms with Gasteiger partial charge in [0, 0.05) is 18.7 Å². The maximum absolute atomic E-state index is 12.7. The Hall–Kier alpha value is -2.84. The quantitative estimate of drug-likeness (QED) is 0.532. The summed E-state index contributed by atoms with van der Waals surface area (Å²) in [6, 6.07) is 14.4. The molecule has 0 aromatic heterocycles. The molecule has 2 aromatic carbocycles. The number of carbonyl (C=O) groups excluding carboxylic acids is 2. The van der Waals surface area contributed by atoms with Gasteiger partial charge in [-0.1, -0.05) is 36.1 Å². The maximum Gasteiger partial charge on any atom is 0.266 e. The Morgan fingerprint density at radius 3 is 2.24 bits per heavy atom. The van der Waals surface area contributed by atoms with Crippen LogP contribution < -0.4 is 14.8 Å². The third kappa shape index (κ3) is 5.36. The van der Waals surface area contributed by atoms with Crippen LogP contribution in [-0.4, -0.2) is 41.8 Å². The lowest BCUT2D eigenvalue weighted by molar-refractivity contribution is -0.122. The van der Waals surface area contributed by atoms with Gasteiger partial charge in [0.15, 0.2) is 0 Å². The second-order valence-electron chi connectivity index (χ2n) is 6.13. The van der Waals surface area contributed by atoms with Gasteiger partial charge in [0.05, 0.1) is 19.1 Å². The second kappa shape index (κ2) is 9.58. The zero-order valence-electron chi connectivity index (χ0n) is 16.0. The van der Waals surface area contributed by atoms with Gasteiger partial charge in [-0.05, 0) is 48.0 Å². The van der Waals surface area contributed by atoms with Gasteiger partial charge in [0.1, 0.15) is 15.8 Å². The van der Waals surface area contributed by atoms with E-state index in [1.54, 1.807) is 44.6 Å². The molecule has 1 N–H and O–H groups in total. The largest absolute Gasteiger partial charge is 0.497 e. The fourth-order valence-electron chi connectivity index (χ4n) is 2.66. The van der Waals surface area contributed by atoms with E-state index in [-0.39, 0.29) is 24.8 Å². The van der Waals surface area contributed by atoms with Crippen molar-refractivity contribution in [2.45, 2.75) is 6.42 Å². The summed E-state index contributed by atoms with van der Waals surface area (Å²) in [5.74, 6) is 1.08. The number of hydrogen-bond donors (Lipinski definition) is 1. The number of nitrogens with zero attached hydrogens (tertiary/aromatic N) is 1. The zero-order chi connectivity index (χ0) is 20.8. The standard InChI is InChI=1S/C21H20N2O4S2/c1-26-16-7-3-14(4-8-16)13-18-20(25)23(21(28)29-18)12-11-19(24)22-15-5-9-17(27-2)10-6-15/h3-10,13H,11-12H2,1-2H3,(H,22,24). The summed E-state index contributed by atoms with van der Waals surface area (Å²) in [6.07, 6.45) is 1.93. The highest BCUT2D eigenvalue weighted by Crippen LogP contribution is 2.32. The molecular weight excluding hydrogens is 408 g/mol. The van der Waals surface area contributed by atoms with Crippen LogP contribution >= 0.6 is 24.0 Å². The van der Waals surface area contributed by atoms with Gasteiger partial charge in [-0.15, -0.1) is 0 Å². The third-order valence-electron chi connectivity index (χ3n) is 4.22. The molecule has 1 heterocycles. The van der Waals surface area contributed by atoms with E-state index in [1.165, 1.54) is 16.7 Å². The lowest BCUT2D eigenvalue weighted by Gasteiger charge is -2.14. The molecule has 2 amide bonds. The molecule has 1 aliphatic heterocycles. The molecule has 6 nitrogen and oxygen atoms in total.